The quantitative estimate of drug-likeness (QED) is 0.515. The molecule has 0 heterocycles. The molecule has 1 fully saturated rings. The number of nitrogens with one attached hydrogen (secondary N) is 1. The van der Waals surface area contributed by atoms with Gasteiger partial charge in [0, 0.05) is 17.6 Å². The highest BCUT2D eigenvalue weighted by Gasteiger charge is 2.32. The first-order valence-corrected chi connectivity index (χ1v) is 13.8. The van der Waals surface area contributed by atoms with E-state index in [-0.39, 0.29) is 24.2 Å². The number of ether oxygens (including phenoxy) is 1. The van der Waals surface area contributed by atoms with Crippen molar-refractivity contribution in [2.75, 3.05) is 24.2 Å². The van der Waals surface area contributed by atoms with Crippen molar-refractivity contribution >= 4 is 39.1 Å². The maximum Gasteiger partial charge on any atom is 0.244 e. The minimum Gasteiger partial charge on any atom is -0.495 e. The first kappa shape index (κ1) is 26.8. The molecule has 8 nitrogen and oxygen atoms in total. The Labute approximate surface area is 212 Å². The van der Waals surface area contributed by atoms with E-state index in [1.165, 1.54) is 12.0 Å². The van der Waals surface area contributed by atoms with Gasteiger partial charge in [-0.15, -0.1) is 0 Å². The molecule has 0 unspecified atom stereocenters. The lowest BCUT2D eigenvalue weighted by Gasteiger charge is -2.32. The fourth-order valence-electron chi connectivity index (χ4n) is 4.24. The van der Waals surface area contributed by atoms with Gasteiger partial charge in [-0.05, 0) is 49.6 Å². The maximum absolute atomic E-state index is 13.6. The van der Waals surface area contributed by atoms with Crippen molar-refractivity contribution in [1.29, 1.82) is 0 Å². The van der Waals surface area contributed by atoms with E-state index in [1.54, 1.807) is 49.4 Å². The Balaban J connectivity index is 1.90. The molecule has 0 bridgehead atoms. The Kier molecular flexibility index (Phi) is 9.02. The van der Waals surface area contributed by atoms with Gasteiger partial charge in [-0.25, -0.2) is 8.42 Å². The predicted molar refractivity (Wildman–Crippen MR) is 137 cm³/mol. The highest BCUT2D eigenvalue weighted by molar-refractivity contribution is 7.92. The molecule has 2 aromatic rings. The largest absolute Gasteiger partial charge is 0.495 e. The topological polar surface area (TPSA) is 96.0 Å². The fourth-order valence-corrected chi connectivity index (χ4v) is 5.30. The Morgan fingerprint density at radius 2 is 1.83 bits per heavy atom. The van der Waals surface area contributed by atoms with E-state index in [9.17, 15) is 18.0 Å². The summed E-state index contributed by atoms with van der Waals surface area (Å²) in [6, 6.07) is 12.9. The molecule has 1 aliphatic rings. The number of halogens is 1. The van der Waals surface area contributed by atoms with E-state index in [0.29, 0.717) is 10.8 Å². The van der Waals surface area contributed by atoms with Gasteiger partial charge in [-0.3, -0.25) is 13.9 Å². The summed E-state index contributed by atoms with van der Waals surface area (Å²) in [6.45, 7) is 1.27. The Morgan fingerprint density at radius 1 is 1.14 bits per heavy atom. The van der Waals surface area contributed by atoms with Crippen molar-refractivity contribution < 1.29 is 22.7 Å². The number of para-hydroxylation sites is 2. The number of rotatable bonds is 10. The van der Waals surface area contributed by atoms with E-state index >= 15 is 0 Å². The summed E-state index contributed by atoms with van der Waals surface area (Å²) >= 11 is 6.14. The van der Waals surface area contributed by atoms with E-state index in [1.807, 2.05) is 6.07 Å². The molecule has 3 rings (SSSR count). The highest BCUT2D eigenvalue weighted by Crippen LogP contribution is 2.29. The smallest absolute Gasteiger partial charge is 0.244 e. The van der Waals surface area contributed by atoms with Gasteiger partial charge in [0.1, 0.15) is 18.3 Å². The summed E-state index contributed by atoms with van der Waals surface area (Å²) < 4.78 is 31.7. The van der Waals surface area contributed by atoms with Crippen LogP contribution in [0.2, 0.25) is 5.02 Å². The van der Waals surface area contributed by atoms with Crippen LogP contribution in [0.3, 0.4) is 0 Å². The molecule has 0 aliphatic heterocycles. The van der Waals surface area contributed by atoms with E-state index in [0.717, 1.165) is 41.8 Å². The van der Waals surface area contributed by atoms with Gasteiger partial charge < -0.3 is 15.0 Å². The molecule has 2 amide bonds. The highest BCUT2D eigenvalue weighted by atomic mass is 35.5. The molecule has 190 valence electrons. The molecule has 35 heavy (non-hydrogen) atoms. The maximum atomic E-state index is 13.6. The number of nitrogens with zero attached hydrogens (tertiary/aromatic N) is 2. The third-order valence-corrected chi connectivity index (χ3v) is 7.51. The van der Waals surface area contributed by atoms with Gasteiger partial charge in [-0.1, -0.05) is 48.7 Å². The number of carbonyl (C=O) groups excluding carboxylic acids is 2. The van der Waals surface area contributed by atoms with Crippen molar-refractivity contribution in [3.63, 3.8) is 0 Å². The minimum atomic E-state index is -3.84. The lowest BCUT2D eigenvalue weighted by Crippen LogP contribution is -2.52. The van der Waals surface area contributed by atoms with Crippen LogP contribution in [0.15, 0.2) is 48.5 Å². The number of hydrogen-bond donors (Lipinski definition) is 1. The van der Waals surface area contributed by atoms with E-state index < -0.39 is 28.5 Å². The van der Waals surface area contributed by atoms with Gasteiger partial charge in [0.2, 0.25) is 21.8 Å². The fraction of sp³-hybridized carbons (Fsp3) is 0.440. The Morgan fingerprint density at radius 3 is 2.46 bits per heavy atom. The number of benzene rings is 2. The van der Waals surface area contributed by atoms with Crippen molar-refractivity contribution in [2.24, 2.45) is 0 Å². The van der Waals surface area contributed by atoms with Crippen molar-refractivity contribution in [1.82, 2.24) is 10.2 Å². The van der Waals surface area contributed by atoms with Crippen LogP contribution >= 0.6 is 11.6 Å². The van der Waals surface area contributed by atoms with Gasteiger partial charge in [0.15, 0.2) is 0 Å². The van der Waals surface area contributed by atoms with Gasteiger partial charge in [0.25, 0.3) is 0 Å². The van der Waals surface area contributed by atoms with Crippen molar-refractivity contribution in [3.05, 3.63) is 59.1 Å². The number of anilines is 1. The third-order valence-electron chi connectivity index (χ3n) is 6.14. The number of carbonyl (C=O) groups is 2. The SMILES string of the molecule is COc1ccccc1N(CC(=O)N(Cc1cccc(Cl)c1)[C@H](C)C(=O)NC1CCCC1)S(C)(=O)=O. The molecular weight excluding hydrogens is 490 g/mol. The summed E-state index contributed by atoms with van der Waals surface area (Å²) in [5, 5.41) is 3.54. The lowest BCUT2D eigenvalue weighted by atomic mass is 10.1. The number of hydrogen-bond acceptors (Lipinski definition) is 5. The molecule has 1 N–H and O–H groups in total. The normalized spacial score (nSPS) is 14.9. The molecule has 0 aromatic heterocycles. The molecule has 0 spiro atoms. The second kappa shape index (κ2) is 11.8. The molecule has 10 heteroatoms. The van der Waals surface area contributed by atoms with Crippen LogP contribution < -0.4 is 14.4 Å². The van der Waals surface area contributed by atoms with Crippen LogP contribution in [0.4, 0.5) is 5.69 Å². The van der Waals surface area contributed by atoms with Gasteiger partial charge in [0.05, 0.1) is 19.1 Å². The monoisotopic (exact) mass is 521 g/mol. The Hall–Kier alpha value is -2.78. The summed E-state index contributed by atoms with van der Waals surface area (Å²) in [5.74, 6) is -0.468. The van der Waals surface area contributed by atoms with Gasteiger partial charge in [-0.2, -0.15) is 0 Å². The van der Waals surface area contributed by atoms with Crippen LogP contribution in [0, 0.1) is 0 Å². The van der Waals surface area contributed by atoms with E-state index in [4.69, 9.17) is 16.3 Å². The summed E-state index contributed by atoms with van der Waals surface area (Å²) in [5.41, 5.74) is 0.978. The zero-order chi connectivity index (χ0) is 25.6. The second-order valence-electron chi connectivity index (χ2n) is 8.76. The average Bonchev–Trinajstić information content (AvgIpc) is 3.32. The van der Waals surface area contributed by atoms with E-state index in [2.05, 4.69) is 5.32 Å². The molecule has 0 saturated heterocycles. The first-order chi connectivity index (χ1) is 16.6. The minimum absolute atomic E-state index is 0.0918. The first-order valence-electron chi connectivity index (χ1n) is 11.5. The zero-order valence-corrected chi connectivity index (χ0v) is 21.8. The number of sulfonamides is 1. The standard InChI is InChI=1S/C25H32ClN3O5S/c1-18(25(31)27-21-11-4-5-12-21)28(16-19-9-8-10-20(26)15-19)24(30)17-29(35(3,32)33)22-13-6-7-14-23(22)34-2/h6-10,13-15,18,21H,4-5,11-12,16-17H2,1-3H3,(H,27,31)/t18-/m1/s1. The summed E-state index contributed by atoms with van der Waals surface area (Å²) in [4.78, 5) is 28.1. The molecule has 0 radical (unpaired) electrons. The summed E-state index contributed by atoms with van der Waals surface area (Å²) in [7, 11) is -2.41. The summed E-state index contributed by atoms with van der Waals surface area (Å²) in [6.07, 6.45) is 4.98. The molecular formula is C25H32ClN3O5S. The number of amides is 2. The van der Waals surface area contributed by atoms with Crippen LogP contribution in [0.25, 0.3) is 0 Å². The van der Waals surface area contributed by atoms with Crippen molar-refractivity contribution in [2.45, 2.75) is 51.2 Å². The Bertz CT molecular complexity index is 1150. The van der Waals surface area contributed by atoms with Crippen LogP contribution in [0.5, 0.6) is 5.75 Å². The number of methoxy groups -OCH3 is 1. The van der Waals surface area contributed by atoms with Crippen LogP contribution in [-0.2, 0) is 26.2 Å². The molecule has 2 aromatic carbocycles. The van der Waals surface area contributed by atoms with Crippen molar-refractivity contribution in [3.8, 4) is 5.75 Å². The zero-order valence-electron chi connectivity index (χ0n) is 20.2. The predicted octanol–water partition coefficient (Wildman–Crippen LogP) is 3.59. The van der Waals surface area contributed by atoms with Crippen LogP contribution in [0.1, 0.15) is 38.2 Å². The molecule has 1 saturated carbocycles. The van der Waals surface area contributed by atoms with Crippen LogP contribution in [-0.4, -0.2) is 57.1 Å². The lowest BCUT2D eigenvalue weighted by molar-refractivity contribution is -0.139. The second-order valence-corrected chi connectivity index (χ2v) is 11.1. The average molecular weight is 522 g/mol. The van der Waals surface area contributed by atoms with Gasteiger partial charge >= 0.3 is 0 Å². The molecule has 1 aliphatic carbocycles. The molecule has 1 atom stereocenters. The third kappa shape index (κ3) is 7.11.